The molecule has 0 bridgehead atoms. The van der Waals surface area contributed by atoms with E-state index in [0.29, 0.717) is 6.42 Å². The van der Waals surface area contributed by atoms with Crippen LogP contribution in [0.3, 0.4) is 0 Å². The minimum absolute atomic E-state index is 0.251. The van der Waals surface area contributed by atoms with Crippen LogP contribution in [0, 0.1) is 10.8 Å². The maximum Gasteiger partial charge on any atom is 0.121 e. The van der Waals surface area contributed by atoms with E-state index in [4.69, 9.17) is 0 Å². The highest BCUT2D eigenvalue weighted by atomic mass is 16.4. The standard InChI is InChI=1S/C24H50O7/c1-2-3-4-5-6-7-8-9-10-11-12-13-14-15-22(16-25,17-26)23(18-27,19-28)24(31,20-29)21-30/h25-31H,2-21H2,1H3. The summed E-state index contributed by atoms with van der Waals surface area (Å²) in [6.07, 6.45) is 15.5. The molecule has 7 heteroatoms. The number of hydrogen-bond donors (Lipinski definition) is 7. The number of rotatable bonds is 22. The Bertz CT molecular complexity index is 405. The molecule has 0 heterocycles. The molecule has 0 aromatic heterocycles. The molecule has 7 N–H and O–H groups in total. The fraction of sp³-hybridized carbons (Fsp3) is 1.00. The first-order valence-electron chi connectivity index (χ1n) is 12.3. The SMILES string of the molecule is CCCCCCCCCCCCCCCC(CO)(CO)C(CO)(CO)C(O)(CO)CO. The molecule has 0 rings (SSSR count). The number of hydrogen-bond acceptors (Lipinski definition) is 7. The Morgan fingerprint density at radius 2 is 0.806 bits per heavy atom. The zero-order valence-electron chi connectivity index (χ0n) is 19.8. The van der Waals surface area contributed by atoms with E-state index in [-0.39, 0.29) is 6.42 Å². The molecule has 0 saturated carbocycles. The van der Waals surface area contributed by atoms with Gasteiger partial charge in [-0.15, -0.1) is 0 Å². The second kappa shape index (κ2) is 17.2. The molecule has 0 spiro atoms. The van der Waals surface area contributed by atoms with E-state index in [2.05, 4.69) is 6.92 Å². The fourth-order valence-electron chi connectivity index (χ4n) is 4.76. The molecule has 0 fully saturated rings. The number of aliphatic hydroxyl groups excluding tert-OH is 6. The Morgan fingerprint density at radius 1 is 0.452 bits per heavy atom. The third kappa shape index (κ3) is 8.54. The highest BCUT2D eigenvalue weighted by molar-refractivity contribution is 5.09. The molecule has 0 amide bonds. The van der Waals surface area contributed by atoms with E-state index in [1.165, 1.54) is 57.8 Å². The van der Waals surface area contributed by atoms with Gasteiger partial charge in [0.1, 0.15) is 5.60 Å². The maximum atomic E-state index is 10.7. The zero-order valence-corrected chi connectivity index (χ0v) is 19.8. The maximum absolute atomic E-state index is 10.7. The van der Waals surface area contributed by atoms with Crippen molar-refractivity contribution in [3.05, 3.63) is 0 Å². The van der Waals surface area contributed by atoms with Crippen LogP contribution in [-0.2, 0) is 0 Å². The molecule has 0 aliphatic carbocycles. The lowest BCUT2D eigenvalue weighted by molar-refractivity contribution is -0.245. The van der Waals surface area contributed by atoms with Crippen LogP contribution >= 0.6 is 0 Å². The van der Waals surface area contributed by atoms with Gasteiger partial charge in [-0.05, 0) is 6.42 Å². The molecule has 7 nitrogen and oxygen atoms in total. The van der Waals surface area contributed by atoms with Gasteiger partial charge in [0.25, 0.3) is 0 Å². The van der Waals surface area contributed by atoms with Crippen LogP contribution in [0.4, 0.5) is 0 Å². The predicted molar refractivity (Wildman–Crippen MR) is 123 cm³/mol. The normalized spacial score (nSPS) is 13.2. The summed E-state index contributed by atoms with van der Waals surface area (Å²) in [7, 11) is 0. The van der Waals surface area contributed by atoms with Crippen molar-refractivity contribution in [2.24, 2.45) is 10.8 Å². The van der Waals surface area contributed by atoms with Crippen molar-refractivity contribution in [3.8, 4) is 0 Å². The Hall–Kier alpha value is -0.280. The molecule has 0 unspecified atom stereocenters. The van der Waals surface area contributed by atoms with Gasteiger partial charge in [-0.2, -0.15) is 0 Å². The smallest absolute Gasteiger partial charge is 0.121 e. The van der Waals surface area contributed by atoms with Gasteiger partial charge < -0.3 is 35.7 Å². The minimum Gasteiger partial charge on any atom is -0.396 e. The van der Waals surface area contributed by atoms with E-state index in [1.807, 2.05) is 0 Å². The lowest BCUT2D eigenvalue weighted by atomic mass is 9.54. The molecule has 31 heavy (non-hydrogen) atoms. The fourth-order valence-corrected chi connectivity index (χ4v) is 4.76. The van der Waals surface area contributed by atoms with Crippen molar-refractivity contribution in [2.45, 2.75) is 102 Å². The molecule has 0 atom stereocenters. The monoisotopic (exact) mass is 450 g/mol. The van der Waals surface area contributed by atoms with Crippen molar-refractivity contribution in [2.75, 3.05) is 39.6 Å². The summed E-state index contributed by atoms with van der Waals surface area (Å²) in [5.41, 5.74) is -5.52. The average molecular weight is 451 g/mol. The van der Waals surface area contributed by atoms with Crippen LogP contribution in [0.1, 0.15) is 96.8 Å². The zero-order chi connectivity index (χ0) is 23.6. The average Bonchev–Trinajstić information content (AvgIpc) is 2.81. The van der Waals surface area contributed by atoms with Gasteiger partial charge in [-0.25, -0.2) is 0 Å². The van der Waals surface area contributed by atoms with Gasteiger partial charge in [0.15, 0.2) is 0 Å². The van der Waals surface area contributed by atoms with Crippen LogP contribution in [0.2, 0.25) is 0 Å². The molecular weight excluding hydrogens is 400 g/mol. The summed E-state index contributed by atoms with van der Waals surface area (Å²) in [6, 6.07) is 0. The third-order valence-corrected chi connectivity index (χ3v) is 7.33. The van der Waals surface area contributed by atoms with Crippen LogP contribution in [0.25, 0.3) is 0 Å². The van der Waals surface area contributed by atoms with Crippen LogP contribution in [0.15, 0.2) is 0 Å². The van der Waals surface area contributed by atoms with Gasteiger partial charge in [0.2, 0.25) is 0 Å². The van der Waals surface area contributed by atoms with Crippen molar-refractivity contribution < 1.29 is 35.7 Å². The Morgan fingerprint density at radius 3 is 1.10 bits per heavy atom. The van der Waals surface area contributed by atoms with Crippen LogP contribution in [0.5, 0.6) is 0 Å². The molecule has 0 saturated heterocycles. The largest absolute Gasteiger partial charge is 0.396 e. The molecular formula is C24H50O7. The topological polar surface area (TPSA) is 142 Å². The molecule has 0 aliphatic heterocycles. The van der Waals surface area contributed by atoms with E-state index < -0.39 is 56.1 Å². The first kappa shape index (κ1) is 30.7. The molecule has 0 aromatic carbocycles. The van der Waals surface area contributed by atoms with Gasteiger partial charge >= 0.3 is 0 Å². The molecule has 188 valence electrons. The summed E-state index contributed by atoms with van der Waals surface area (Å²) in [5, 5.41) is 70.1. The van der Waals surface area contributed by atoms with Crippen molar-refractivity contribution in [3.63, 3.8) is 0 Å². The molecule has 0 radical (unpaired) electrons. The van der Waals surface area contributed by atoms with E-state index >= 15 is 0 Å². The first-order chi connectivity index (χ1) is 14.9. The Balaban J connectivity index is 4.47. The summed E-state index contributed by atoms with van der Waals surface area (Å²) in [4.78, 5) is 0. The number of unbranched alkanes of at least 4 members (excludes halogenated alkanes) is 12. The van der Waals surface area contributed by atoms with Crippen molar-refractivity contribution in [1.82, 2.24) is 0 Å². The lowest BCUT2D eigenvalue weighted by Gasteiger charge is -2.54. The van der Waals surface area contributed by atoms with Gasteiger partial charge in [-0.3, -0.25) is 0 Å². The van der Waals surface area contributed by atoms with E-state index in [1.54, 1.807) is 0 Å². The molecule has 0 aromatic rings. The van der Waals surface area contributed by atoms with Crippen LogP contribution in [-0.4, -0.2) is 81.0 Å². The third-order valence-electron chi connectivity index (χ3n) is 7.33. The van der Waals surface area contributed by atoms with E-state index in [0.717, 1.165) is 19.3 Å². The highest BCUT2D eigenvalue weighted by Gasteiger charge is 2.61. The summed E-state index contributed by atoms with van der Waals surface area (Å²) >= 11 is 0. The van der Waals surface area contributed by atoms with Crippen molar-refractivity contribution in [1.29, 1.82) is 0 Å². The highest BCUT2D eigenvalue weighted by Crippen LogP contribution is 2.49. The predicted octanol–water partition coefficient (Wildman–Crippen LogP) is 2.13. The van der Waals surface area contributed by atoms with E-state index in [9.17, 15) is 35.7 Å². The summed E-state index contributed by atoms with van der Waals surface area (Å²) in [6.45, 7) is -2.36. The summed E-state index contributed by atoms with van der Waals surface area (Å²) in [5.74, 6) is 0. The molecule has 0 aliphatic rings. The Kier molecular flexibility index (Phi) is 17.1. The Labute approximate surface area is 189 Å². The van der Waals surface area contributed by atoms with Crippen LogP contribution < -0.4 is 0 Å². The van der Waals surface area contributed by atoms with Gasteiger partial charge in [0.05, 0.1) is 45.1 Å². The quantitative estimate of drug-likeness (QED) is 0.125. The van der Waals surface area contributed by atoms with Gasteiger partial charge in [-0.1, -0.05) is 90.4 Å². The second-order valence-corrected chi connectivity index (χ2v) is 9.34. The van der Waals surface area contributed by atoms with Crippen molar-refractivity contribution >= 4 is 0 Å². The minimum atomic E-state index is -2.24. The second-order valence-electron chi connectivity index (χ2n) is 9.34. The summed E-state index contributed by atoms with van der Waals surface area (Å²) < 4.78 is 0. The first-order valence-corrected chi connectivity index (χ1v) is 12.3. The lowest BCUT2D eigenvalue weighted by Crippen LogP contribution is -2.68. The number of aliphatic hydroxyl groups is 7. The van der Waals surface area contributed by atoms with Gasteiger partial charge in [0, 0.05) is 5.41 Å².